The van der Waals surface area contributed by atoms with Gasteiger partial charge in [-0.25, -0.2) is 4.98 Å². The van der Waals surface area contributed by atoms with Crippen LogP contribution in [0.5, 0.6) is 0 Å². The van der Waals surface area contributed by atoms with Crippen molar-refractivity contribution >= 4 is 17.2 Å². The molecule has 1 aliphatic heterocycles. The highest BCUT2D eigenvalue weighted by atomic mass is 32.1. The van der Waals surface area contributed by atoms with Crippen LogP contribution in [0.4, 0.5) is 0 Å². The fourth-order valence-corrected chi connectivity index (χ4v) is 4.31. The molecule has 0 atom stereocenters. The van der Waals surface area contributed by atoms with E-state index < -0.39 is 0 Å². The van der Waals surface area contributed by atoms with Crippen molar-refractivity contribution in [1.82, 2.24) is 20.5 Å². The Balaban J connectivity index is 1.69. The summed E-state index contributed by atoms with van der Waals surface area (Å²) in [5.74, 6) is 0.503. The van der Waals surface area contributed by atoms with Gasteiger partial charge in [-0.2, -0.15) is 0 Å². The largest absolute Gasteiger partial charge is 0.351 e. The molecule has 26 heavy (non-hydrogen) atoms. The average molecular weight is 381 g/mol. The molecular weight excluding hydrogens is 344 g/mol. The predicted molar refractivity (Wildman–Crippen MR) is 110 cm³/mol. The molecule has 0 aliphatic carbocycles. The molecule has 6 heteroatoms. The van der Waals surface area contributed by atoms with Crippen LogP contribution in [-0.2, 0) is 0 Å². The number of carbonyl (C=O) groups excluding carboxylic acids is 1. The zero-order chi connectivity index (χ0) is 18.6. The summed E-state index contributed by atoms with van der Waals surface area (Å²) < 4.78 is 0. The first-order chi connectivity index (χ1) is 12.7. The minimum atomic E-state index is -0.0184. The van der Waals surface area contributed by atoms with E-state index in [1.54, 1.807) is 11.3 Å². The van der Waals surface area contributed by atoms with Crippen LogP contribution >= 0.6 is 11.3 Å². The highest BCUT2D eigenvalue weighted by molar-refractivity contribution is 7.09. The lowest BCUT2D eigenvalue weighted by molar-refractivity contribution is 0.0947. The van der Waals surface area contributed by atoms with Crippen LogP contribution in [0.3, 0.4) is 0 Å². The topological polar surface area (TPSA) is 57.3 Å². The third kappa shape index (κ3) is 7.33. The molecule has 0 radical (unpaired) electrons. The molecule has 1 amide bonds. The fraction of sp³-hybridized carbons (Fsp3) is 0.800. The van der Waals surface area contributed by atoms with Crippen LogP contribution in [0.15, 0.2) is 5.38 Å². The van der Waals surface area contributed by atoms with E-state index >= 15 is 0 Å². The van der Waals surface area contributed by atoms with Gasteiger partial charge in [0.1, 0.15) is 5.69 Å². The molecule has 2 heterocycles. The lowest BCUT2D eigenvalue weighted by Gasteiger charge is -2.21. The normalized spacial score (nSPS) is 15.5. The molecule has 1 aromatic rings. The minimum Gasteiger partial charge on any atom is -0.351 e. The molecule has 5 nitrogen and oxygen atoms in total. The second-order valence-corrected chi connectivity index (χ2v) is 8.14. The zero-order valence-electron chi connectivity index (χ0n) is 16.6. The third-order valence-corrected chi connectivity index (χ3v) is 6.04. The number of hydrogen-bond donors (Lipinski definition) is 2. The van der Waals surface area contributed by atoms with Gasteiger partial charge in [-0.05, 0) is 64.8 Å². The van der Waals surface area contributed by atoms with Gasteiger partial charge in [0.25, 0.3) is 5.91 Å². The van der Waals surface area contributed by atoms with E-state index in [0.717, 1.165) is 50.4 Å². The SMILES string of the molecule is CCCCN(CCCC)CCCNC(=O)c1csc(C2CCNCC2)n1. The van der Waals surface area contributed by atoms with E-state index in [-0.39, 0.29) is 5.91 Å². The summed E-state index contributed by atoms with van der Waals surface area (Å²) in [6.45, 7) is 10.7. The summed E-state index contributed by atoms with van der Waals surface area (Å²) in [4.78, 5) is 19.5. The van der Waals surface area contributed by atoms with Crippen LogP contribution in [0, 0.1) is 0 Å². The Bertz CT molecular complexity index is 506. The van der Waals surface area contributed by atoms with Gasteiger partial charge in [0.05, 0.1) is 5.01 Å². The van der Waals surface area contributed by atoms with Crippen molar-refractivity contribution in [2.45, 2.75) is 64.7 Å². The van der Waals surface area contributed by atoms with Gasteiger partial charge in [0, 0.05) is 17.8 Å². The number of nitrogens with one attached hydrogen (secondary N) is 2. The van der Waals surface area contributed by atoms with Crippen molar-refractivity contribution in [3.63, 3.8) is 0 Å². The number of amides is 1. The maximum absolute atomic E-state index is 12.3. The smallest absolute Gasteiger partial charge is 0.270 e. The van der Waals surface area contributed by atoms with Crippen LogP contribution in [0.25, 0.3) is 0 Å². The Kier molecular flexibility index (Phi) is 10.2. The van der Waals surface area contributed by atoms with Crippen LogP contribution in [-0.4, -0.2) is 55.1 Å². The lowest BCUT2D eigenvalue weighted by atomic mass is 9.99. The van der Waals surface area contributed by atoms with Gasteiger partial charge in [-0.1, -0.05) is 26.7 Å². The van der Waals surface area contributed by atoms with Crippen molar-refractivity contribution in [3.05, 3.63) is 16.1 Å². The number of unbranched alkanes of at least 4 members (excludes halogenated alkanes) is 2. The molecular formula is C20H36N4OS. The summed E-state index contributed by atoms with van der Waals surface area (Å²) in [6, 6.07) is 0. The molecule has 0 saturated carbocycles. The molecule has 148 valence electrons. The summed E-state index contributed by atoms with van der Waals surface area (Å²) in [5, 5.41) is 9.47. The Hall–Kier alpha value is -0.980. The molecule has 1 aromatic heterocycles. The number of hydrogen-bond acceptors (Lipinski definition) is 5. The van der Waals surface area contributed by atoms with Crippen molar-refractivity contribution in [2.24, 2.45) is 0 Å². The number of rotatable bonds is 12. The number of piperidine rings is 1. The van der Waals surface area contributed by atoms with Gasteiger partial charge >= 0.3 is 0 Å². The van der Waals surface area contributed by atoms with E-state index in [2.05, 4.69) is 34.4 Å². The monoisotopic (exact) mass is 380 g/mol. The fourth-order valence-electron chi connectivity index (χ4n) is 3.34. The molecule has 1 aliphatic rings. The maximum Gasteiger partial charge on any atom is 0.270 e. The van der Waals surface area contributed by atoms with E-state index in [1.807, 2.05) is 5.38 Å². The van der Waals surface area contributed by atoms with Crippen LogP contribution in [0.2, 0.25) is 0 Å². The van der Waals surface area contributed by atoms with E-state index in [4.69, 9.17) is 0 Å². The zero-order valence-corrected chi connectivity index (χ0v) is 17.4. The molecule has 1 saturated heterocycles. The highest BCUT2D eigenvalue weighted by Gasteiger charge is 2.20. The summed E-state index contributed by atoms with van der Waals surface area (Å²) in [6.07, 6.45) is 8.25. The molecule has 0 bridgehead atoms. The van der Waals surface area contributed by atoms with Crippen molar-refractivity contribution in [2.75, 3.05) is 39.3 Å². The van der Waals surface area contributed by atoms with Crippen molar-refractivity contribution < 1.29 is 4.79 Å². The van der Waals surface area contributed by atoms with Crippen LogP contribution in [0.1, 0.15) is 80.2 Å². The highest BCUT2D eigenvalue weighted by Crippen LogP contribution is 2.27. The van der Waals surface area contributed by atoms with Gasteiger partial charge in [0.2, 0.25) is 0 Å². The molecule has 0 unspecified atom stereocenters. The Morgan fingerprint density at radius 1 is 1.19 bits per heavy atom. The Morgan fingerprint density at radius 2 is 1.85 bits per heavy atom. The molecule has 0 aromatic carbocycles. The summed E-state index contributed by atoms with van der Waals surface area (Å²) in [5.41, 5.74) is 0.595. The second-order valence-electron chi connectivity index (χ2n) is 7.25. The number of aromatic nitrogens is 1. The number of thiazole rings is 1. The Labute approximate surface area is 163 Å². The first-order valence-electron chi connectivity index (χ1n) is 10.4. The number of nitrogens with zero attached hydrogens (tertiary/aromatic N) is 2. The maximum atomic E-state index is 12.3. The van der Waals surface area contributed by atoms with Gasteiger partial charge < -0.3 is 15.5 Å². The van der Waals surface area contributed by atoms with E-state index in [1.165, 1.54) is 38.8 Å². The summed E-state index contributed by atoms with van der Waals surface area (Å²) >= 11 is 1.64. The van der Waals surface area contributed by atoms with Crippen molar-refractivity contribution in [3.8, 4) is 0 Å². The first-order valence-corrected chi connectivity index (χ1v) is 11.3. The standard InChI is InChI=1S/C20H36N4OS/c1-3-5-13-24(14-6-4-2)15-7-10-22-19(25)18-16-26-20(23-18)17-8-11-21-12-9-17/h16-17,21H,3-15H2,1-2H3,(H,22,25). The Morgan fingerprint density at radius 3 is 2.50 bits per heavy atom. The lowest BCUT2D eigenvalue weighted by Crippen LogP contribution is -2.31. The first kappa shape index (κ1) is 21.3. The van der Waals surface area contributed by atoms with Gasteiger partial charge in [-0.3, -0.25) is 4.79 Å². The summed E-state index contributed by atoms with van der Waals surface area (Å²) in [7, 11) is 0. The predicted octanol–water partition coefficient (Wildman–Crippen LogP) is 3.63. The molecule has 2 rings (SSSR count). The molecule has 0 spiro atoms. The van der Waals surface area contributed by atoms with E-state index in [0.29, 0.717) is 11.6 Å². The van der Waals surface area contributed by atoms with Gasteiger partial charge in [0.15, 0.2) is 0 Å². The second kappa shape index (κ2) is 12.4. The minimum absolute atomic E-state index is 0.0184. The molecule has 2 N–H and O–H groups in total. The quantitative estimate of drug-likeness (QED) is 0.544. The van der Waals surface area contributed by atoms with Crippen molar-refractivity contribution in [1.29, 1.82) is 0 Å². The van der Waals surface area contributed by atoms with Crippen LogP contribution < -0.4 is 10.6 Å². The number of carbonyl (C=O) groups is 1. The van der Waals surface area contributed by atoms with E-state index in [9.17, 15) is 4.79 Å². The molecule has 1 fully saturated rings. The van der Waals surface area contributed by atoms with Gasteiger partial charge in [-0.15, -0.1) is 11.3 Å². The third-order valence-electron chi connectivity index (χ3n) is 5.04. The average Bonchev–Trinajstić information content (AvgIpc) is 3.17.